The van der Waals surface area contributed by atoms with Crippen molar-refractivity contribution in [1.82, 2.24) is 9.47 Å². The summed E-state index contributed by atoms with van der Waals surface area (Å²) >= 11 is 1.00. The Balaban J connectivity index is 1.98. The van der Waals surface area contributed by atoms with E-state index in [1.54, 1.807) is 6.08 Å². The highest BCUT2D eigenvalue weighted by Gasteiger charge is 2.36. The lowest BCUT2D eigenvalue weighted by Gasteiger charge is -2.16. The minimum Gasteiger partial charge on any atom is -0.317 e. The first-order chi connectivity index (χ1) is 11.0. The highest BCUT2D eigenvalue weighted by Crippen LogP contribution is 2.33. The van der Waals surface area contributed by atoms with E-state index in [4.69, 9.17) is 0 Å². The largest absolute Gasteiger partial charge is 0.317 e. The van der Waals surface area contributed by atoms with Crippen LogP contribution in [0.3, 0.4) is 0 Å². The van der Waals surface area contributed by atoms with Crippen LogP contribution in [0.5, 0.6) is 0 Å². The Bertz CT molecular complexity index is 805. The lowest BCUT2D eigenvalue weighted by Crippen LogP contribution is -2.34. The molecule has 0 saturated carbocycles. The van der Waals surface area contributed by atoms with Gasteiger partial charge in [0.05, 0.1) is 4.91 Å². The lowest BCUT2D eigenvalue weighted by molar-refractivity contribution is -0.123. The van der Waals surface area contributed by atoms with Crippen LogP contribution in [0, 0.1) is 6.92 Å². The predicted molar refractivity (Wildman–Crippen MR) is 93.5 cm³/mol. The van der Waals surface area contributed by atoms with Gasteiger partial charge in [0, 0.05) is 23.6 Å². The first kappa shape index (κ1) is 15.6. The van der Waals surface area contributed by atoms with Gasteiger partial charge in [-0.1, -0.05) is 12.1 Å². The van der Waals surface area contributed by atoms with Gasteiger partial charge < -0.3 is 4.57 Å². The molecule has 23 heavy (non-hydrogen) atoms. The van der Waals surface area contributed by atoms with Gasteiger partial charge in [0.15, 0.2) is 0 Å². The van der Waals surface area contributed by atoms with E-state index in [0.717, 1.165) is 23.1 Å². The fourth-order valence-corrected chi connectivity index (χ4v) is 3.53. The number of aryl methyl sites for hydroxylation is 1. The highest BCUT2D eigenvalue weighted by atomic mass is 32.2. The van der Waals surface area contributed by atoms with Crippen LogP contribution in [0.4, 0.5) is 4.79 Å². The van der Waals surface area contributed by atoms with Crippen LogP contribution in [-0.2, 0) is 4.79 Å². The number of amides is 2. The second kappa shape index (κ2) is 6.08. The average Bonchev–Trinajstić information content (AvgIpc) is 3.04. The SMILES string of the molecule is Cc1cccc(-n2cccc2C=C2SC(=O)N(C(C)C)C2=O)c1. The molecule has 1 aromatic heterocycles. The highest BCUT2D eigenvalue weighted by molar-refractivity contribution is 8.18. The van der Waals surface area contributed by atoms with Crippen molar-refractivity contribution in [3.63, 3.8) is 0 Å². The van der Waals surface area contributed by atoms with Gasteiger partial charge in [-0.25, -0.2) is 0 Å². The molecule has 0 unspecified atom stereocenters. The lowest BCUT2D eigenvalue weighted by atomic mass is 10.2. The van der Waals surface area contributed by atoms with Gasteiger partial charge in [-0.2, -0.15) is 0 Å². The van der Waals surface area contributed by atoms with Crippen molar-refractivity contribution >= 4 is 29.0 Å². The van der Waals surface area contributed by atoms with Crippen LogP contribution in [0.2, 0.25) is 0 Å². The Labute approximate surface area is 139 Å². The fourth-order valence-electron chi connectivity index (χ4n) is 2.58. The van der Waals surface area contributed by atoms with E-state index in [1.807, 2.05) is 61.9 Å². The standard InChI is InChI=1S/C18H18N2O2S/c1-12(2)20-17(21)16(23-18(20)22)11-15-8-5-9-19(15)14-7-4-6-13(3)10-14/h4-12H,1-3H3. The van der Waals surface area contributed by atoms with Crippen LogP contribution in [-0.4, -0.2) is 26.7 Å². The maximum Gasteiger partial charge on any atom is 0.293 e. The van der Waals surface area contributed by atoms with Gasteiger partial charge in [-0.3, -0.25) is 14.5 Å². The first-order valence-electron chi connectivity index (χ1n) is 7.49. The molecule has 1 aliphatic rings. The number of aromatic nitrogens is 1. The molecule has 4 nitrogen and oxygen atoms in total. The summed E-state index contributed by atoms with van der Waals surface area (Å²) in [6, 6.07) is 11.9. The molecule has 0 bridgehead atoms. The summed E-state index contributed by atoms with van der Waals surface area (Å²) < 4.78 is 2.01. The van der Waals surface area contributed by atoms with E-state index in [1.165, 1.54) is 10.5 Å². The number of imide groups is 1. The number of thioether (sulfide) groups is 1. The van der Waals surface area contributed by atoms with E-state index >= 15 is 0 Å². The third kappa shape index (κ3) is 2.97. The predicted octanol–water partition coefficient (Wildman–Crippen LogP) is 4.23. The fraction of sp³-hybridized carbons (Fsp3) is 0.222. The number of nitrogens with zero attached hydrogens (tertiary/aromatic N) is 2. The summed E-state index contributed by atoms with van der Waals surface area (Å²) in [5.41, 5.74) is 3.08. The zero-order valence-electron chi connectivity index (χ0n) is 13.3. The number of rotatable bonds is 3. The normalized spacial score (nSPS) is 16.9. The number of hydrogen-bond donors (Lipinski definition) is 0. The Morgan fingerprint density at radius 3 is 2.57 bits per heavy atom. The smallest absolute Gasteiger partial charge is 0.293 e. The van der Waals surface area contributed by atoms with Crippen molar-refractivity contribution in [3.8, 4) is 5.69 Å². The molecule has 0 atom stereocenters. The molecule has 118 valence electrons. The first-order valence-corrected chi connectivity index (χ1v) is 8.30. The van der Waals surface area contributed by atoms with E-state index in [0.29, 0.717) is 4.91 Å². The molecule has 1 aliphatic heterocycles. The maximum absolute atomic E-state index is 12.4. The van der Waals surface area contributed by atoms with Crippen molar-refractivity contribution in [2.24, 2.45) is 0 Å². The van der Waals surface area contributed by atoms with Crippen LogP contribution in [0.1, 0.15) is 25.1 Å². The molecule has 2 aromatic rings. The minimum absolute atomic E-state index is 0.128. The monoisotopic (exact) mass is 326 g/mol. The molecule has 2 amide bonds. The number of hydrogen-bond acceptors (Lipinski definition) is 3. The van der Waals surface area contributed by atoms with Crippen molar-refractivity contribution in [2.75, 3.05) is 0 Å². The van der Waals surface area contributed by atoms with E-state index in [2.05, 4.69) is 6.07 Å². The van der Waals surface area contributed by atoms with Crippen LogP contribution in [0.25, 0.3) is 11.8 Å². The van der Waals surface area contributed by atoms with Gasteiger partial charge in [0.1, 0.15) is 0 Å². The van der Waals surface area contributed by atoms with Gasteiger partial charge in [-0.15, -0.1) is 0 Å². The topological polar surface area (TPSA) is 42.3 Å². The van der Waals surface area contributed by atoms with Crippen molar-refractivity contribution in [2.45, 2.75) is 26.8 Å². The molecular formula is C18H18N2O2S. The molecular weight excluding hydrogens is 308 g/mol. The zero-order chi connectivity index (χ0) is 16.6. The van der Waals surface area contributed by atoms with Gasteiger partial charge in [0.2, 0.25) is 0 Å². The Hall–Kier alpha value is -2.27. The van der Waals surface area contributed by atoms with E-state index in [-0.39, 0.29) is 17.2 Å². The number of carbonyl (C=O) groups excluding carboxylic acids is 2. The second-order valence-corrected chi connectivity index (χ2v) is 6.78. The quantitative estimate of drug-likeness (QED) is 0.793. The Morgan fingerprint density at radius 1 is 1.13 bits per heavy atom. The summed E-state index contributed by atoms with van der Waals surface area (Å²) in [6.07, 6.45) is 3.74. The molecule has 2 heterocycles. The third-order valence-electron chi connectivity index (χ3n) is 3.68. The summed E-state index contributed by atoms with van der Waals surface area (Å²) in [6.45, 7) is 5.73. The van der Waals surface area contributed by atoms with E-state index < -0.39 is 0 Å². The maximum atomic E-state index is 12.4. The molecule has 0 spiro atoms. The number of carbonyl (C=O) groups is 2. The van der Waals surface area contributed by atoms with Gasteiger partial charge in [0.25, 0.3) is 11.1 Å². The summed E-state index contributed by atoms with van der Waals surface area (Å²) in [5, 5.41) is -0.204. The molecule has 0 N–H and O–H groups in total. The summed E-state index contributed by atoms with van der Waals surface area (Å²) in [5.74, 6) is -0.216. The summed E-state index contributed by atoms with van der Waals surface area (Å²) in [4.78, 5) is 26.1. The molecule has 0 radical (unpaired) electrons. The van der Waals surface area contributed by atoms with Gasteiger partial charge in [-0.05, 0) is 68.4 Å². The summed E-state index contributed by atoms with van der Waals surface area (Å²) in [7, 11) is 0. The van der Waals surface area contributed by atoms with Gasteiger partial charge >= 0.3 is 0 Å². The molecule has 3 rings (SSSR count). The molecule has 1 aromatic carbocycles. The van der Waals surface area contributed by atoms with Crippen LogP contribution in [0.15, 0.2) is 47.5 Å². The molecule has 1 saturated heterocycles. The Kier molecular flexibility index (Phi) is 4.13. The molecule has 5 heteroatoms. The third-order valence-corrected chi connectivity index (χ3v) is 4.56. The van der Waals surface area contributed by atoms with E-state index in [9.17, 15) is 9.59 Å². The van der Waals surface area contributed by atoms with Crippen LogP contribution < -0.4 is 0 Å². The Morgan fingerprint density at radius 2 is 1.91 bits per heavy atom. The molecule has 0 aliphatic carbocycles. The number of benzene rings is 1. The van der Waals surface area contributed by atoms with Crippen LogP contribution >= 0.6 is 11.8 Å². The van der Waals surface area contributed by atoms with Crippen molar-refractivity contribution in [1.29, 1.82) is 0 Å². The van der Waals surface area contributed by atoms with Crippen molar-refractivity contribution in [3.05, 3.63) is 58.8 Å². The molecule has 1 fully saturated rings. The average molecular weight is 326 g/mol. The van der Waals surface area contributed by atoms with Crippen molar-refractivity contribution < 1.29 is 9.59 Å². The zero-order valence-corrected chi connectivity index (χ0v) is 14.1. The second-order valence-electron chi connectivity index (χ2n) is 5.79. The minimum atomic E-state index is -0.216.